The molecule has 0 spiro atoms. The smallest absolute Gasteiger partial charge is 0.0943 e. The van der Waals surface area contributed by atoms with Crippen molar-refractivity contribution in [3.05, 3.63) is 0 Å². The molecule has 1 saturated heterocycles. The van der Waals surface area contributed by atoms with Gasteiger partial charge in [-0.3, -0.25) is 0 Å². The second-order valence-electron chi connectivity index (χ2n) is 5.33. The predicted molar refractivity (Wildman–Crippen MR) is 88.8 cm³/mol. The number of hydrogen-bond donors (Lipinski definition) is 1. The van der Waals surface area contributed by atoms with E-state index in [0.29, 0.717) is 6.04 Å². The molecule has 0 bridgehead atoms. The average molecular weight is 293 g/mol. The lowest BCUT2D eigenvalue weighted by Gasteiger charge is -2.35. The Kier molecular flexibility index (Phi) is 13.3. The maximum atomic E-state index is 11.8. The van der Waals surface area contributed by atoms with E-state index in [0.717, 1.165) is 25.3 Å². The molecule has 2 unspecified atom stereocenters. The Bertz CT molecular complexity index is 227. The van der Waals surface area contributed by atoms with Crippen molar-refractivity contribution in [3.8, 4) is 0 Å². The largest absolute Gasteiger partial charge is 0.315 e. The number of nitrogens with one attached hydrogen (secondary N) is 1. The van der Waals surface area contributed by atoms with Crippen LogP contribution in [0.2, 0.25) is 0 Å². The van der Waals surface area contributed by atoms with Crippen molar-refractivity contribution in [3.63, 3.8) is 0 Å². The summed E-state index contributed by atoms with van der Waals surface area (Å²) in [6, 6.07) is 0.402. The molecule has 1 aliphatic heterocycles. The molecule has 0 radical (unpaired) electrons. The summed E-state index contributed by atoms with van der Waals surface area (Å²) in [6.07, 6.45) is 2.30. The van der Waals surface area contributed by atoms with Crippen molar-refractivity contribution in [1.82, 2.24) is 9.62 Å². The summed E-state index contributed by atoms with van der Waals surface area (Å²) in [5, 5.41) is 3.33. The Hall–Kier alpha value is 0.0700. The summed E-state index contributed by atoms with van der Waals surface area (Å²) in [4.78, 5) is 0. The summed E-state index contributed by atoms with van der Waals surface area (Å²) >= 11 is 0. The molecular formula is C15H36N2OS. The van der Waals surface area contributed by atoms with Gasteiger partial charge in [0.1, 0.15) is 0 Å². The van der Waals surface area contributed by atoms with Crippen LogP contribution in [-0.2, 0) is 11.0 Å². The van der Waals surface area contributed by atoms with Gasteiger partial charge in [0, 0.05) is 24.9 Å². The van der Waals surface area contributed by atoms with Gasteiger partial charge < -0.3 is 5.32 Å². The molecule has 1 N–H and O–H groups in total. The average Bonchev–Trinajstić information content (AvgIpc) is 2.41. The summed E-state index contributed by atoms with van der Waals surface area (Å²) in [5.74, 6) is 0.848. The fourth-order valence-corrected chi connectivity index (χ4v) is 3.28. The van der Waals surface area contributed by atoms with Gasteiger partial charge in [-0.2, -0.15) is 0 Å². The molecule has 0 aromatic heterocycles. The lowest BCUT2D eigenvalue weighted by atomic mass is 9.87. The van der Waals surface area contributed by atoms with Gasteiger partial charge in [-0.15, -0.1) is 0 Å². The zero-order chi connectivity index (χ0) is 15.5. The van der Waals surface area contributed by atoms with E-state index in [1.807, 2.05) is 34.7 Å². The second kappa shape index (κ2) is 11.9. The minimum Gasteiger partial charge on any atom is -0.315 e. The molecule has 3 nitrogen and oxygen atoms in total. The van der Waals surface area contributed by atoms with E-state index in [2.05, 4.69) is 30.4 Å². The van der Waals surface area contributed by atoms with Gasteiger partial charge >= 0.3 is 0 Å². The number of nitrogens with zero attached hydrogens (tertiary/aromatic N) is 1. The van der Waals surface area contributed by atoms with Gasteiger partial charge in [0.15, 0.2) is 0 Å². The van der Waals surface area contributed by atoms with Crippen LogP contribution in [0.5, 0.6) is 0 Å². The van der Waals surface area contributed by atoms with E-state index >= 15 is 0 Å². The molecule has 1 aliphatic rings. The van der Waals surface area contributed by atoms with Crippen molar-refractivity contribution in [1.29, 1.82) is 0 Å². The van der Waals surface area contributed by atoms with Gasteiger partial charge in [-0.25, -0.2) is 8.51 Å². The van der Waals surface area contributed by atoms with Gasteiger partial charge in [-0.1, -0.05) is 48.5 Å². The molecule has 0 aromatic rings. The lowest BCUT2D eigenvalue weighted by Crippen LogP contribution is -2.49. The highest BCUT2D eigenvalue weighted by molar-refractivity contribution is 7.82. The van der Waals surface area contributed by atoms with E-state index in [1.165, 1.54) is 6.42 Å². The van der Waals surface area contributed by atoms with Crippen LogP contribution in [0.4, 0.5) is 0 Å². The molecule has 1 fully saturated rings. The topological polar surface area (TPSA) is 32.3 Å². The fourth-order valence-electron chi connectivity index (χ4n) is 1.92. The zero-order valence-corrected chi connectivity index (χ0v) is 15.2. The normalized spacial score (nSPS) is 21.6. The number of hydrogen-bond acceptors (Lipinski definition) is 2. The molecule has 0 saturated carbocycles. The first-order chi connectivity index (χ1) is 8.95. The van der Waals surface area contributed by atoms with Crippen LogP contribution in [0, 0.1) is 5.41 Å². The number of rotatable bonds is 3. The van der Waals surface area contributed by atoms with Crippen molar-refractivity contribution in [2.75, 3.05) is 25.9 Å². The van der Waals surface area contributed by atoms with E-state index in [4.69, 9.17) is 0 Å². The molecule has 0 amide bonds. The highest BCUT2D eigenvalue weighted by Gasteiger charge is 2.28. The highest BCUT2D eigenvalue weighted by Crippen LogP contribution is 2.21. The Balaban J connectivity index is 0. The van der Waals surface area contributed by atoms with Gasteiger partial charge in [-0.05, 0) is 25.3 Å². The summed E-state index contributed by atoms with van der Waals surface area (Å²) in [6.45, 7) is 16.6. The third-order valence-electron chi connectivity index (χ3n) is 3.04. The molecule has 1 rings (SSSR count). The van der Waals surface area contributed by atoms with Crippen LogP contribution in [0.15, 0.2) is 0 Å². The first-order valence-electron chi connectivity index (χ1n) is 7.76. The molecular weight excluding hydrogens is 256 g/mol. The first-order valence-corrected chi connectivity index (χ1v) is 9.03. The molecule has 1 heterocycles. The fraction of sp³-hybridized carbons (Fsp3) is 1.00. The van der Waals surface area contributed by atoms with Crippen LogP contribution in [0.1, 0.15) is 61.3 Å². The maximum Gasteiger partial charge on any atom is 0.0943 e. The molecule has 118 valence electrons. The summed E-state index contributed by atoms with van der Waals surface area (Å²) < 4.78 is 13.9. The third-order valence-corrected chi connectivity index (χ3v) is 4.59. The molecule has 19 heavy (non-hydrogen) atoms. The zero-order valence-electron chi connectivity index (χ0n) is 14.4. The van der Waals surface area contributed by atoms with Crippen molar-refractivity contribution >= 4 is 11.0 Å². The van der Waals surface area contributed by atoms with Crippen LogP contribution in [-0.4, -0.2) is 40.4 Å². The predicted octanol–water partition coefficient (Wildman–Crippen LogP) is 3.43. The Labute approximate surface area is 124 Å². The molecule has 4 heteroatoms. The van der Waals surface area contributed by atoms with E-state index < -0.39 is 11.0 Å². The Morgan fingerprint density at radius 2 is 1.68 bits per heavy atom. The lowest BCUT2D eigenvalue weighted by molar-refractivity contribution is 0.234. The summed E-state index contributed by atoms with van der Waals surface area (Å²) in [5.41, 5.74) is 0.219. The first kappa shape index (κ1) is 21.4. The van der Waals surface area contributed by atoms with E-state index in [9.17, 15) is 4.21 Å². The third kappa shape index (κ3) is 8.77. The maximum absolute atomic E-state index is 11.8. The Morgan fingerprint density at radius 1 is 1.16 bits per heavy atom. The summed E-state index contributed by atoms with van der Waals surface area (Å²) in [7, 11) is 1.25. The van der Waals surface area contributed by atoms with Crippen molar-refractivity contribution in [2.45, 2.75) is 67.3 Å². The van der Waals surface area contributed by atoms with Crippen LogP contribution >= 0.6 is 0 Å². The second-order valence-corrected chi connectivity index (χ2v) is 6.90. The quantitative estimate of drug-likeness (QED) is 0.864. The molecule has 0 aliphatic carbocycles. The van der Waals surface area contributed by atoms with Gasteiger partial charge in [0.25, 0.3) is 0 Å². The SMILES string of the molecule is CC.CC.CNC(CN1CCCCS1=O)C(C)(C)C. The van der Waals surface area contributed by atoms with Crippen molar-refractivity contribution in [2.24, 2.45) is 5.41 Å². The van der Waals surface area contributed by atoms with Crippen LogP contribution in [0.3, 0.4) is 0 Å². The minimum absolute atomic E-state index is 0.219. The monoisotopic (exact) mass is 292 g/mol. The Morgan fingerprint density at radius 3 is 2.05 bits per heavy atom. The molecule has 2 atom stereocenters. The minimum atomic E-state index is -0.742. The number of likely N-dealkylation sites (N-methyl/N-ethyl adjacent to an activating group) is 1. The highest BCUT2D eigenvalue weighted by atomic mass is 32.2. The van der Waals surface area contributed by atoms with Crippen molar-refractivity contribution < 1.29 is 4.21 Å². The van der Waals surface area contributed by atoms with E-state index in [1.54, 1.807) is 0 Å². The van der Waals surface area contributed by atoms with E-state index in [-0.39, 0.29) is 5.41 Å². The molecule has 0 aromatic carbocycles. The van der Waals surface area contributed by atoms with Gasteiger partial charge in [0.05, 0.1) is 11.0 Å². The van der Waals surface area contributed by atoms with Crippen LogP contribution < -0.4 is 5.32 Å². The van der Waals surface area contributed by atoms with Crippen LogP contribution in [0.25, 0.3) is 0 Å². The van der Waals surface area contributed by atoms with Gasteiger partial charge in [0.2, 0.25) is 0 Å². The standard InChI is InChI=1S/C11H24N2OS.2C2H6/c1-11(2,3)10(12-4)9-13-7-5-6-8-15(13)14;2*1-2/h10,12H,5-9H2,1-4H3;2*1-2H3.